The van der Waals surface area contributed by atoms with Crippen LogP contribution in [0.15, 0.2) is 40.6 Å². The summed E-state index contributed by atoms with van der Waals surface area (Å²) in [7, 11) is -3.60. The van der Waals surface area contributed by atoms with E-state index in [9.17, 15) is 13.2 Å². The average Bonchev–Trinajstić information content (AvgIpc) is 3.47. The van der Waals surface area contributed by atoms with Crippen molar-refractivity contribution in [3.63, 3.8) is 0 Å². The van der Waals surface area contributed by atoms with E-state index in [1.807, 2.05) is 13.0 Å². The number of sulfonamides is 1. The van der Waals surface area contributed by atoms with Crippen LogP contribution < -0.4 is 5.32 Å². The third-order valence-corrected chi connectivity index (χ3v) is 9.39. The first-order valence-corrected chi connectivity index (χ1v) is 13.5. The molecule has 0 unspecified atom stereocenters. The van der Waals surface area contributed by atoms with Gasteiger partial charge < -0.3 is 5.32 Å². The predicted octanol–water partition coefficient (Wildman–Crippen LogP) is 4.74. The predicted molar refractivity (Wildman–Crippen MR) is 125 cm³/mol. The van der Waals surface area contributed by atoms with Gasteiger partial charge in [0.05, 0.1) is 21.6 Å². The molecule has 1 aromatic carbocycles. The SMILES string of the molecule is C[C@@H](C(=O)Nc1cc(S(=O)(=O)N2CCCCC2)ccc1Cl)N1CCC[C@H]1c1cccs1. The van der Waals surface area contributed by atoms with E-state index in [1.165, 1.54) is 21.3 Å². The van der Waals surface area contributed by atoms with E-state index in [0.717, 1.165) is 38.6 Å². The van der Waals surface area contributed by atoms with Crippen molar-refractivity contribution in [2.45, 2.75) is 56.0 Å². The van der Waals surface area contributed by atoms with Gasteiger partial charge in [0, 0.05) is 24.0 Å². The standard InChI is InChI=1S/C22H28ClN3O3S2/c1-16(26-13-5-7-20(26)21-8-6-14-30-21)22(27)24-19-15-17(9-10-18(19)23)31(28,29)25-11-3-2-4-12-25/h6,8-10,14-16,20H,2-5,7,11-13H2,1H3,(H,24,27)/t16-,20-/m0/s1. The lowest BCUT2D eigenvalue weighted by atomic mass is 10.1. The van der Waals surface area contributed by atoms with Crippen molar-refractivity contribution >= 4 is 44.6 Å². The molecule has 2 aromatic rings. The third kappa shape index (κ3) is 4.83. The Hall–Kier alpha value is -1.45. The lowest BCUT2D eigenvalue weighted by Gasteiger charge is -2.29. The molecule has 2 saturated heterocycles. The Kier molecular flexibility index (Phi) is 7.03. The minimum absolute atomic E-state index is 0.166. The number of piperidine rings is 1. The van der Waals surface area contributed by atoms with Gasteiger partial charge >= 0.3 is 0 Å². The first-order chi connectivity index (χ1) is 14.9. The summed E-state index contributed by atoms with van der Waals surface area (Å²) in [6, 6.07) is 8.58. The molecule has 9 heteroatoms. The minimum Gasteiger partial charge on any atom is -0.323 e. The zero-order chi connectivity index (χ0) is 22.0. The zero-order valence-electron chi connectivity index (χ0n) is 17.6. The summed E-state index contributed by atoms with van der Waals surface area (Å²) in [5.41, 5.74) is 0.337. The number of halogens is 1. The highest BCUT2D eigenvalue weighted by Crippen LogP contribution is 2.36. The van der Waals surface area contributed by atoms with Crippen LogP contribution in [0.2, 0.25) is 5.02 Å². The maximum Gasteiger partial charge on any atom is 0.243 e. The van der Waals surface area contributed by atoms with Gasteiger partial charge in [0.15, 0.2) is 0 Å². The largest absolute Gasteiger partial charge is 0.323 e. The molecular weight excluding hydrogens is 454 g/mol. The van der Waals surface area contributed by atoms with Crippen LogP contribution in [0.4, 0.5) is 5.69 Å². The summed E-state index contributed by atoms with van der Waals surface area (Å²) >= 11 is 8.03. The Labute approximate surface area is 193 Å². The van der Waals surface area contributed by atoms with Crippen LogP contribution in [-0.2, 0) is 14.8 Å². The van der Waals surface area contributed by atoms with Crippen molar-refractivity contribution in [2.75, 3.05) is 25.0 Å². The number of benzene rings is 1. The second-order valence-electron chi connectivity index (χ2n) is 8.18. The molecule has 1 aromatic heterocycles. The average molecular weight is 482 g/mol. The van der Waals surface area contributed by atoms with Gasteiger partial charge in [-0.2, -0.15) is 4.31 Å². The van der Waals surface area contributed by atoms with Gasteiger partial charge in [-0.05, 0) is 68.8 Å². The lowest BCUT2D eigenvalue weighted by molar-refractivity contribution is -0.121. The van der Waals surface area contributed by atoms with E-state index >= 15 is 0 Å². The molecule has 31 heavy (non-hydrogen) atoms. The summed E-state index contributed by atoms with van der Waals surface area (Å²) in [6.07, 6.45) is 4.87. The number of amides is 1. The van der Waals surface area contributed by atoms with Crippen molar-refractivity contribution in [3.05, 3.63) is 45.6 Å². The van der Waals surface area contributed by atoms with E-state index in [4.69, 9.17) is 11.6 Å². The number of hydrogen-bond acceptors (Lipinski definition) is 5. The number of nitrogens with zero attached hydrogens (tertiary/aromatic N) is 2. The number of carbonyl (C=O) groups excluding carboxylic acids is 1. The van der Waals surface area contributed by atoms with Crippen molar-refractivity contribution in [1.29, 1.82) is 0 Å². The molecule has 0 bridgehead atoms. The van der Waals surface area contributed by atoms with Crippen LogP contribution in [0.25, 0.3) is 0 Å². The minimum atomic E-state index is -3.60. The van der Waals surface area contributed by atoms with Crippen LogP contribution in [0.5, 0.6) is 0 Å². The Morgan fingerprint density at radius 3 is 2.65 bits per heavy atom. The van der Waals surface area contributed by atoms with Gasteiger partial charge in [-0.1, -0.05) is 24.1 Å². The molecule has 0 spiro atoms. The summed E-state index contributed by atoms with van der Waals surface area (Å²) in [5, 5.41) is 5.26. The Balaban J connectivity index is 1.51. The van der Waals surface area contributed by atoms with Gasteiger partial charge in [-0.3, -0.25) is 9.69 Å². The molecule has 2 atom stereocenters. The fourth-order valence-electron chi connectivity index (χ4n) is 4.44. The summed E-state index contributed by atoms with van der Waals surface area (Å²) in [6.45, 7) is 3.81. The van der Waals surface area contributed by atoms with E-state index in [-0.39, 0.29) is 22.9 Å². The van der Waals surface area contributed by atoms with Crippen LogP contribution >= 0.6 is 22.9 Å². The molecule has 1 amide bonds. The normalized spacial score (nSPS) is 21.8. The molecule has 1 N–H and O–H groups in total. The topological polar surface area (TPSA) is 69.7 Å². The monoisotopic (exact) mass is 481 g/mol. The fraction of sp³-hybridized carbons (Fsp3) is 0.500. The first-order valence-electron chi connectivity index (χ1n) is 10.8. The highest BCUT2D eigenvalue weighted by molar-refractivity contribution is 7.89. The fourth-order valence-corrected chi connectivity index (χ4v) is 7.03. The Bertz CT molecular complexity index is 1020. The van der Waals surface area contributed by atoms with Gasteiger partial charge in [-0.15, -0.1) is 11.3 Å². The van der Waals surface area contributed by atoms with Crippen molar-refractivity contribution < 1.29 is 13.2 Å². The second kappa shape index (κ2) is 9.58. The quantitative estimate of drug-likeness (QED) is 0.646. The highest BCUT2D eigenvalue weighted by Gasteiger charge is 2.34. The lowest BCUT2D eigenvalue weighted by Crippen LogP contribution is -2.41. The second-order valence-corrected chi connectivity index (χ2v) is 11.5. The molecule has 0 radical (unpaired) electrons. The molecule has 0 aliphatic carbocycles. The number of likely N-dealkylation sites (tertiary alicyclic amines) is 1. The Morgan fingerprint density at radius 1 is 1.16 bits per heavy atom. The molecule has 2 aliphatic rings. The van der Waals surface area contributed by atoms with E-state index in [1.54, 1.807) is 17.4 Å². The molecule has 2 aliphatic heterocycles. The summed E-state index contributed by atoms with van der Waals surface area (Å²) < 4.78 is 27.6. The van der Waals surface area contributed by atoms with Crippen molar-refractivity contribution in [3.8, 4) is 0 Å². The van der Waals surface area contributed by atoms with Gasteiger partial charge in [0.25, 0.3) is 0 Å². The van der Waals surface area contributed by atoms with Crippen LogP contribution in [-0.4, -0.2) is 49.2 Å². The van der Waals surface area contributed by atoms with Crippen LogP contribution in [0.1, 0.15) is 49.9 Å². The molecular formula is C22H28ClN3O3S2. The van der Waals surface area contributed by atoms with Gasteiger partial charge in [0.1, 0.15) is 0 Å². The van der Waals surface area contributed by atoms with E-state index in [0.29, 0.717) is 23.8 Å². The summed E-state index contributed by atoms with van der Waals surface area (Å²) in [4.78, 5) is 16.7. The molecule has 168 valence electrons. The van der Waals surface area contributed by atoms with Crippen LogP contribution in [0.3, 0.4) is 0 Å². The highest BCUT2D eigenvalue weighted by atomic mass is 35.5. The zero-order valence-corrected chi connectivity index (χ0v) is 20.0. The maximum absolute atomic E-state index is 13.1. The number of rotatable bonds is 6. The van der Waals surface area contributed by atoms with E-state index < -0.39 is 10.0 Å². The molecule has 6 nitrogen and oxygen atoms in total. The molecule has 0 saturated carbocycles. The summed E-state index contributed by atoms with van der Waals surface area (Å²) in [5.74, 6) is -0.183. The number of hydrogen-bond donors (Lipinski definition) is 1. The van der Waals surface area contributed by atoms with Crippen LogP contribution in [0, 0.1) is 0 Å². The molecule has 3 heterocycles. The van der Waals surface area contributed by atoms with Gasteiger partial charge in [0.2, 0.25) is 15.9 Å². The first kappa shape index (κ1) is 22.7. The Morgan fingerprint density at radius 2 is 1.94 bits per heavy atom. The third-order valence-electron chi connectivity index (χ3n) is 6.19. The number of carbonyl (C=O) groups is 1. The van der Waals surface area contributed by atoms with E-state index in [2.05, 4.69) is 21.7 Å². The molecule has 4 rings (SSSR count). The van der Waals surface area contributed by atoms with Crippen molar-refractivity contribution in [1.82, 2.24) is 9.21 Å². The maximum atomic E-state index is 13.1. The number of anilines is 1. The number of thiophene rings is 1. The smallest absolute Gasteiger partial charge is 0.243 e. The van der Waals surface area contributed by atoms with Crippen molar-refractivity contribution in [2.24, 2.45) is 0 Å². The number of nitrogens with one attached hydrogen (secondary N) is 1. The van der Waals surface area contributed by atoms with Gasteiger partial charge in [-0.25, -0.2) is 8.42 Å². The molecule has 2 fully saturated rings.